The number of hydrogen-bond acceptors (Lipinski definition) is 7. The van der Waals surface area contributed by atoms with Gasteiger partial charge in [0.25, 0.3) is 0 Å². The molecule has 0 amide bonds. The Hall–Kier alpha value is -2.25. The number of nitrogens with one attached hydrogen (secondary N) is 3. The zero-order valence-corrected chi connectivity index (χ0v) is 18.1. The van der Waals surface area contributed by atoms with Crippen molar-refractivity contribution in [2.45, 2.75) is 63.6 Å². The van der Waals surface area contributed by atoms with E-state index in [1.54, 1.807) is 13.4 Å². The van der Waals surface area contributed by atoms with Gasteiger partial charge in [-0.15, -0.1) is 0 Å². The molecule has 2 aromatic rings. The van der Waals surface area contributed by atoms with Crippen LogP contribution in [0.3, 0.4) is 0 Å². The van der Waals surface area contributed by atoms with E-state index in [9.17, 15) is 0 Å². The Kier molecular flexibility index (Phi) is 7.12. The van der Waals surface area contributed by atoms with Crippen molar-refractivity contribution < 1.29 is 4.74 Å². The summed E-state index contributed by atoms with van der Waals surface area (Å²) in [5, 5.41) is 10.8. The SMILES string of the molecule is COC[C@H](C)NC1CCC(Nc2cc(-c3cc(NCC4CC4)ccn3)ncn2)CC1. The molecule has 2 aromatic heterocycles. The highest BCUT2D eigenvalue weighted by atomic mass is 16.5. The van der Waals surface area contributed by atoms with E-state index in [2.05, 4.69) is 43.9 Å². The maximum atomic E-state index is 5.23. The smallest absolute Gasteiger partial charge is 0.130 e. The first kappa shape index (κ1) is 21.0. The van der Waals surface area contributed by atoms with Crippen LogP contribution in [0.4, 0.5) is 11.5 Å². The van der Waals surface area contributed by atoms with Gasteiger partial charge in [0, 0.05) is 49.7 Å². The van der Waals surface area contributed by atoms with Crippen LogP contribution in [0.2, 0.25) is 0 Å². The van der Waals surface area contributed by atoms with E-state index < -0.39 is 0 Å². The van der Waals surface area contributed by atoms with Crippen LogP contribution in [0.25, 0.3) is 11.4 Å². The maximum absolute atomic E-state index is 5.23. The maximum Gasteiger partial charge on any atom is 0.130 e. The molecule has 2 saturated carbocycles. The second kappa shape index (κ2) is 10.2. The van der Waals surface area contributed by atoms with Crippen LogP contribution in [0.15, 0.2) is 30.7 Å². The minimum absolute atomic E-state index is 0.399. The van der Waals surface area contributed by atoms with E-state index in [0.29, 0.717) is 18.1 Å². The summed E-state index contributed by atoms with van der Waals surface area (Å²) in [6.45, 7) is 3.98. The number of ether oxygens (including phenoxy) is 1. The van der Waals surface area contributed by atoms with E-state index in [1.807, 2.05) is 18.3 Å². The average Bonchev–Trinajstić information content (AvgIpc) is 3.59. The van der Waals surface area contributed by atoms with Crippen molar-refractivity contribution in [1.82, 2.24) is 20.3 Å². The van der Waals surface area contributed by atoms with Gasteiger partial charge in [-0.05, 0) is 63.5 Å². The van der Waals surface area contributed by atoms with Crippen molar-refractivity contribution in [3.63, 3.8) is 0 Å². The van der Waals surface area contributed by atoms with Crippen LogP contribution in [-0.2, 0) is 4.74 Å². The average molecular weight is 411 g/mol. The Morgan fingerprint density at radius 2 is 1.77 bits per heavy atom. The monoisotopic (exact) mass is 410 g/mol. The van der Waals surface area contributed by atoms with Gasteiger partial charge in [0.2, 0.25) is 0 Å². The van der Waals surface area contributed by atoms with Gasteiger partial charge in [-0.2, -0.15) is 0 Å². The third-order valence-electron chi connectivity index (χ3n) is 6.00. The Bertz CT molecular complexity index is 804. The summed E-state index contributed by atoms with van der Waals surface area (Å²) < 4.78 is 5.23. The van der Waals surface area contributed by atoms with Crippen LogP contribution in [-0.4, -0.2) is 53.3 Å². The summed E-state index contributed by atoms with van der Waals surface area (Å²) in [4.78, 5) is 13.4. The number of hydrogen-bond donors (Lipinski definition) is 3. The van der Waals surface area contributed by atoms with Crippen LogP contribution in [0, 0.1) is 5.92 Å². The normalized spacial score (nSPS) is 22.5. The van der Waals surface area contributed by atoms with E-state index in [0.717, 1.165) is 54.8 Å². The van der Waals surface area contributed by atoms with Gasteiger partial charge in [-0.3, -0.25) is 4.98 Å². The third kappa shape index (κ3) is 6.12. The van der Waals surface area contributed by atoms with Crippen LogP contribution in [0.5, 0.6) is 0 Å². The van der Waals surface area contributed by atoms with Gasteiger partial charge < -0.3 is 20.7 Å². The van der Waals surface area contributed by atoms with Gasteiger partial charge in [-0.1, -0.05) is 0 Å². The quantitative estimate of drug-likeness (QED) is 0.551. The molecule has 2 heterocycles. The van der Waals surface area contributed by atoms with Crippen molar-refractivity contribution in [3.05, 3.63) is 30.7 Å². The zero-order chi connectivity index (χ0) is 20.8. The molecule has 3 N–H and O–H groups in total. The Labute approximate surface area is 179 Å². The minimum atomic E-state index is 0.399. The van der Waals surface area contributed by atoms with E-state index >= 15 is 0 Å². The van der Waals surface area contributed by atoms with E-state index in [1.165, 1.54) is 25.7 Å². The Morgan fingerprint density at radius 1 is 1.00 bits per heavy atom. The standard InChI is InChI=1S/C23H34N6O/c1-16(14-30-2)28-18-5-7-19(8-6-18)29-23-12-22(26-15-27-23)21-11-20(9-10-24-21)25-13-17-3-4-17/h9-12,15-19,28H,3-8,13-14H2,1-2H3,(H,24,25)(H,26,27,29)/t16-,18?,19?/m0/s1. The van der Waals surface area contributed by atoms with Crippen molar-refractivity contribution in [2.24, 2.45) is 5.92 Å². The van der Waals surface area contributed by atoms with E-state index in [-0.39, 0.29) is 0 Å². The number of aromatic nitrogens is 3. The Morgan fingerprint density at radius 3 is 2.53 bits per heavy atom. The first-order valence-corrected chi connectivity index (χ1v) is 11.2. The third-order valence-corrected chi connectivity index (χ3v) is 6.00. The first-order valence-electron chi connectivity index (χ1n) is 11.2. The molecule has 2 aliphatic rings. The summed E-state index contributed by atoms with van der Waals surface area (Å²) in [5.74, 6) is 1.72. The van der Waals surface area contributed by atoms with Crippen molar-refractivity contribution in [3.8, 4) is 11.4 Å². The van der Waals surface area contributed by atoms with Gasteiger partial charge >= 0.3 is 0 Å². The molecule has 0 unspecified atom stereocenters. The molecule has 0 bridgehead atoms. The fraction of sp³-hybridized carbons (Fsp3) is 0.609. The van der Waals surface area contributed by atoms with Crippen molar-refractivity contribution >= 4 is 11.5 Å². The molecule has 162 valence electrons. The molecule has 2 fully saturated rings. The molecular formula is C23H34N6O. The highest BCUT2D eigenvalue weighted by molar-refractivity contribution is 5.63. The highest BCUT2D eigenvalue weighted by Gasteiger charge is 2.23. The van der Waals surface area contributed by atoms with Crippen LogP contribution in [0.1, 0.15) is 45.4 Å². The topological polar surface area (TPSA) is 84.0 Å². The zero-order valence-electron chi connectivity index (χ0n) is 18.1. The first-order chi connectivity index (χ1) is 14.7. The molecule has 7 heteroatoms. The highest BCUT2D eigenvalue weighted by Crippen LogP contribution is 2.29. The van der Waals surface area contributed by atoms with Crippen molar-refractivity contribution in [1.29, 1.82) is 0 Å². The van der Waals surface area contributed by atoms with Crippen molar-refractivity contribution in [2.75, 3.05) is 30.9 Å². The lowest BCUT2D eigenvalue weighted by molar-refractivity contribution is 0.161. The summed E-state index contributed by atoms with van der Waals surface area (Å²) in [6.07, 6.45) is 10.8. The number of nitrogens with zero attached hydrogens (tertiary/aromatic N) is 3. The lowest BCUT2D eigenvalue weighted by Gasteiger charge is -2.31. The van der Waals surface area contributed by atoms with Gasteiger partial charge in [0.05, 0.1) is 18.0 Å². The molecule has 1 atom stereocenters. The minimum Gasteiger partial charge on any atom is -0.385 e. The largest absolute Gasteiger partial charge is 0.385 e. The molecule has 30 heavy (non-hydrogen) atoms. The summed E-state index contributed by atoms with van der Waals surface area (Å²) in [6, 6.07) is 7.53. The predicted molar refractivity (Wildman–Crippen MR) is 121 cm³/mol. The summed E-state index contributed by atoms with van der Waals surface area (Å²) in [7, 11) is 1.76. The molecule has 4 rings (SSSR count). The van der Waals surface area contributed by atoms with Gasteiger partial charge in [-0.25, -0.2) is 9.97 Å². The van der Waals surface area contributed by atoms with Crippen LogP contribution >= 0.6 is 0 Å². The fourth-order valence-electron chi connectivity index (χ4n) is 4.16. The summed E-state index contributed by atoms with van der Waals surface area (Å²) in [5.41, 5.74) is 2.83. The number of methoxy groups -OCH3 is 1. The predicted octanol–water partition coefficient (Wildman–Crippen LogP) is 3.71. The lowest BCUT2D eigenvalue weighted by Crippen LogP contribution is -2.42. The molecule has 0 aromatic carbocycles. The second-order valence-corrected chi connectivity index (χ2v) is 8.76. The fourth-order valence-corrected chi connectivity index (χ4v) is 4.16. The molecular weight excluding hydrogens is 376 g/mol. The molecule has 7 nitrogen and oxygen atoms in total. The van der Waals surface area contributed by atoms with Gasteiger partial charge in [0.1, 0.15) is 12.1 Å². The molecule has 2 aliphatic carbocycles. The summed E-state index contributed by atoms with van der Waals surface area (Å²) >= 11 is 0. The van der Waals surface area contributed by atoms with E-state index in [4.69, 9.17) is 4.74 Å². The second-order valence-electron chi connectivity index (χ2n) is 8.76. The van der Waals surface area contributed by atoms with Gasteiger partial charge in [0.15, 0.2) is 0 Å². The molecule has 0 spiro atoms. The number of pyridine rings is 1. The number of rotatable bonds is 10. The van der Waals surface area contributed by atoms with Crippen LogP contribution < -0.4 is 16.0 Å². The molecule has 0 radical (unpaired) electrons. The number of anilines is 2. The Balaban J connectivity index is 1.31. The molecule has 0 saturated heterocycles. The molecule has 0 aliphatic heterocycles. The lowest BCUT2D eigenvalue weighted by atomic mass is 9.90.